The Labute approximate surface area is 65.4 Å². The van der Waals surface area contributed by atoms with Gasteiger partial charge in [-0.1, -0.05) is 0 Å². The predicted octanol–water partition coefficient (Wildman–Crippen LogP) is 0.0112. The molecule has 1 rings (SSSR count). The molecule has 1 aromatic heterocycles. The van der Waals surface area contributed by atoms with Crippen LogP contribution in [-0.2, 0) is 13.6 Å². The summed E-state index contributed by atoms with van der Waals surface area (Å²) in [6, 6.07) is 3.82. The minimum atomic E-state index is 0.593. The van der Waals surface area contributed by atoms with Gasteiger partial charge in [-0.15, -0.1) is 0 Å². The first kappa shape index (κ1) is 7.76. The van der Waals surface area contributed by atoms with Crippen LogP contribution in [-0.4, -0.2) is 16.8 Å². The summed E-state index contributed by atoms with van der Waals surface area (Å²) in [6.45, 7) is 0.704. The van der Waals surface area contributed by atoms with Crippen LogP contribution in [0, 0.1) is 11.3 Å². The molecule has 0 aliphatic carbocycles. The number of nitriles is 1. The second kappa shape index (κ2) is 3.17. The monoisotopic (exact) mass is 150 g/mol. The predicted molar refractivity (Wildman–Crippen MR) is 40.7 cm³/mol. The van der Waals surface area contributed by atoms with E-state index in [4.69, 9.17) is 5.26 Å². The second-order valence-electron chi connectivity index (χ2n) is 2.29. The molecule has 0 aliphatic heterocycles. The smallest absolute Gasteiger partial charge is 0.138 e. The zero-order valence-corrected chi connectivity index (χ0v) is 6.63. The first-order valence-electron chi connectivity index (χ1n) is 3.35. The summed E-state index contributed by atoms with van der Waals surface area (Å²) < 4.78 is 1.58. The first-order chi connectivity index (χ1) is 5.27. The van der Waals surface area contributed by atoms with Crippen molar-refractivity contribution in [2.75, 3.05) is 7.05 Å². The molecule has 0 saturated heterocycles. The highest BCUT2D eigenvalue weighted by atomic mass is 15.3. The molecule has 0 aromatic carbocycles. The van der Waals surface area contributed by atoms with Gasteiger partial charge in [0.2, 0.25) is 0 Å². The van der Waals surface area contributed by atoms with Crippen LogP contribution in [0.25, 0.3) is 0 Å². The van der Waals surface area contributed by atoms with Gasteiger partial charge in [-0.25, -0.2) is 0 Å². The first-order valence-corrected chi connectivity index (χ1v) is 3.35. The highest BCUT2D eigenvalue weighted by Crippen LogP contribution is 1.99. The highest BCUT2D eigenvalue weighted by molar-refractivity contribution is 5.22. The maximum atomic E-state index is 8.57. The summed E-state index contributed by atoms with van der Waals surface area (Å²) in [5.74, 6) is 0. The number of aryl methyl sites for hydroxylation is 1. The van der Waals surface area contributed by atoms with Gasteiger partial charge in [-0.2, -0.15) is 10.4 Å². The van der Waals surface area contributed by atoms with Crippen LogP contribution >= 0.6 is 0 Å². The van der Waals surface area contributed by atoms with E-state index in [0.717, 1.165) is 5.69 Å². The van der Waals surface area contributed by atoms with Gasteiger partial charge in [0.25, 0.3) is 0 Å². The SMILES string of the molecule is CNCc1cc(C#N)n(C)n1. The molecule has 0 spiro atoms. The molecule has 4 nitrogen and oxygen atoms in total. The van der Waals surface area contributed by atoms with Crippen LogP contribution in [0.15, 0.2) is 6.07 Å². The number of nitrogens with zero attached hydrogens (tertiary/aromatic N) is 3. The molecule has 58 valence electrons. The summed E-state index contributed by atoms with van der Waals surface area (Å²) in [6.07, 6.45) is 0. The van der Waals surface area contributed by atoms with Gasteiger partial charge < -0.3 is 5.32 Å². The van der Waals surface area contributed by atoms with Crippen molar-refractivity contribution < 1.29 is 0 Å². The average Bonchev–Trinajstić information content (AvgIpc) is 2.32. The molecule has 0 unspecified atom stereocenters. The van der Waals surface area contributed by atoms with E-state index < -0.39 is 0 Å². The van der Waals surface area contributed by atoms with Gasteiger partial charge in [0, 0.05) is 13.6 Å². The summed E-state index contributed by atoms with van der Waals surface area (Å²) >= 11 is 0. The fourth-order valence-electron chi connectivity index (χ4n) is 0.899. The third kappa shape index (κ3) is 1.57. The van der Waals surface area contributed by atoms with E-state index in [1.807, 2.05) is 13.1 Å². The van der Waals surface area contributed by atoms with Gasteiger partial charge in [0.15, 0.2) is 0 Å². The standard InChI is InChI=1S/C7H10N4/c1-9-5-6-3-7(4-8)11(2)10-6/h3,9H,5H2,1-2H3. The Hall–Kier alpha value is -1.34. The van der Waals surface area contributed by atoms with E-state index in [9.17, 15) is 0 Å². The Bertz CT molecular complexity index is 281. The lowest BCUT2D eigenvalue weighted by atomic mass is 10.4. The highest BCUT2D eigenvalue weighted by Gasteiger charge is 2.01. The average molecular weight is 150 g/mol. The number of rotatable bonds is 2. The van der Waals surface area contributed by atoms with Crippen molar-refractivity contribution in [2.24, 2.45) is 7.05 Å². The van der Waals surface area contributed by atoms with Crippen molar-refractivity contribution in [1.82, 2.24) is 15.1 Å². The zero-order valence-electron chi connectivity index (χ0n) is 6.63. The van der Waals surface area contributed by atoms with E-state index in [1.54, 1.807) is 17.8 Å². The van der Waals surface area contributed by atoms with E-state index in [1.165, 1.54) is 0 Å². The van der Waals surface area contributed by atoms with Crippen molar-refractivity contribution >= 4 is 0 Å². The van der Waals surface area contributed by atoms with Crippen LogP contribution in [0.1, 0.15) is 11.4 Å². The summed E-state index contributed by atoms with van der Waals surface area (Å²) in [7, 11) is 3.61. The van der Waals surface area contributed by atoms with Crippen LogP contribution < -0.4 is 5.32 Å². The third-order valence-electron chi connectivity index (χ3n) is 1.40. The van der Waals surface area contributed by atoms with Gasteiger partial charge in [-0.05, 0) is 13.1 Å². The molecule has 0 saturated carbocycles. The lowest BCUT2D eigenvalue weighted by molar-refractivity contribution is 0.706. The fourth-order valence-corrected chi connectivity index (χ4v) is 0.899. The molecular formula is C7H10N4. The zero-order chi connectivity index (χ0) is 8.27. The lowest BCUT2D eigenvalue weighted by Crippen LogP contribution is -2.05. The fraction of sp³-hybridized carbons (Fsp3) is 0.429. The molecule has 0 aliphatic rings. The Kier molecular flexibility index (Phi) is 2.24. The topological polar surface area (TPSA) is 53.6 Å². The van der Waals surface area contributed by atoms with E-state index >= 15 is 0 Å². The van der Waals surface area contributed by atoms with E-state index in [2.05, 4.69) is 10.4 Å². The van der Waals surface area contributed by atoms with Crippen LogP contribution in [0.4, 0.5) is 0 Å². The molecule has 1 aromatic rings. The minimum Gasteiger partial charge on any atom is -0.314 e. The largest absolute Gasteiger partial charge is 0.314 e. The summed E-state index contributed by atoms with van der Waals surface area (Å²) in [4.78, 5) is 0. The van der Waals surface area contributed by atoms with Crippen molar-refractivity contribution in [2.45, 2.75) is 6.54 Å². The maximum Gasteiger partial charge on any atom is 0.138 e. The van der Waals surface area contributed by atoms with Crippen LogP contribution in [0.2, 0.25) is 0 Å². The van der Waals surface area contributed by atoms with Gasteiger partial charge >= 0.3 is 0 Å². The summed E-state index contributed by atoms with van der Waals surface area (Å²) in [5, 5.41) is 15.6. The van der Waals surface area contributed by atoms with Crippen LogP contribution in [0.3, 0.4) is 0 Å². The number of nitrogens with one attached hydrogen (secondary N) is 1. The van der Waals surface area contributed by atoms with Gasteiger partial charge in [-0.3, -0.25) is 4.68 Å². The van der Waals surface area contributed by atoms with Crippen molar-refractivity contribution in [1.29, 1.82) is 5.26 Å². The Morgan fingerprint density at radius 3 is 3.00 bits per heavy atom. The van der Waals surface area contributed by atoms with Crippen LogP contribution in [0.5, 0.6) is 0 Å². The second-order valence-corrected chi connectivity index (χ2v) is 2.29. The van der Waals surface area contributed by atoms with E-state index in [0.29, 0.717) is 12.2 Å². The maximum absolute atomic E-state index is 8.57. The molecule has 0 bridgehead atoms. The minimum absolute atomic E-state index is 0.593. The van der Waals surface area contributed by atoms with Crippen molar-refractivity contribution in [3.05, 3.63) is 17.5 Å². The van der Waals surface area contributed by atoms with Crippen molar-refractivity contribution in [3.8, 4) is 6.07 Å². The molecule has 0 fully saturated rings. The Morgan fingerprint density at radius 1 is 1.82 bits per heavy atom. The Morgan fingerprint density at radius 2 is 2.55 bits per heavy atom. The number of hydrogen-bond donors (Lipinski definition) is 1. The number of aromatic nitrogens is 2. The normalized spacial score (nSPS) is 9.55. The molecule has 0 radical (unpaired) electrons. The molecule has 1 heterocycles. The number of hydrogen-bond acceptors (Lipinski definition) is 3. The molecule has 4 heteroatoms. The molecule has 0 amide bonds. The molecule has 0 atom stereocenters. The van der Waals surface area contributed by atoms with Crippen molar-refractivity contribution in [3.63, 3.8) is 0 Å². The third-order valence-corrected chi connectivity index (χ3v) is 1.40. The lowest BCUT2D eigenvalue weighted by Gasteiger charge is -1.90. The molecular weight excluding hydrogens is 140 g/mol. The molecule has 1 N–H and O–H groups in total. The van der Waals surface area contributed by atoms with Gasteiger partial charge in [0.1, 0.15) is 11.8 Å². The molecule has 11 heavy (non-hydrogen) atoms. The van der Waals surface area contributed by atoms with E-state index in [-0.39, 0.29) is 0 Å². The van der Waals surface area contributed by atoms with Gasteiger partial charge in [0.05, 0.1) is 5.69 Å². The quantitative estimate of drug-likeness (QED) is 0.646. The Balaban J connectivity index is 2.89. The summed E-state index contributed by atoms with van der Waals surface area (Å²) in [5.41, 5.74) is 1.49.